The number of carbonyl (C=O) groups excluding carboxylic acids is 1. The molecule has 154 valence electrons. The highest BCUT2D eigenvalue weighted by Crippen LogP contribution is 2.39. The molecule has 4 nitrogen and oxygen atoms in total. The molecule has 30 heavy (non-hydrogen) atoms. The number of halogens is 2. The number of nitrogens with zero attached hydrogens (tertiary/aromatic N) is 2. The van der Waals surface area contributed by atoms with E-state index in [-0.39, 0.29) is 18.1 Å². The predicted octanol–water partition coefficient (Wildman–Crippen LogP) is 5.67. The quantitative estimate of drug-likeness (QED) is 0.477. The first-order valence-electron chi connectivity index (χ1n) is 9.48. The van der Waals surface area contributed by atoms with Crippen molar-refractivity contribution in [3.05, 3.63) is 89.5 Å². The molecule has 0 aliphatic carbocycles. The summed E-state index contributed by atoms with van der Waals surface area (Å²) in [6.45, 7) is 0.270. The van der Waals surface area contributed by atoms with Crippen LogP contribution in [0.3, 0.4) is 0 Å². The summed E-state index contributed by atoms with van der Waals surface area (Å²) in [6, 6.07) is 18.5. The second-order valence-electron chi connectivity index (χ2n) is 6.83. The van der Waals surface area contributed by atoms with E-state index in [1.165, 1.54) is 35.0 Å². The van der Waals surface area contributed by atoms with E-state index >= 15 is 0 Å². The van der Waals surface area contributed by atoms with Crippen molar-refractivity contribution in [2.75, 3.05) is 18.6 Å². The van der Waals surface area contributed by atoms with E-state index in [2.05, 4.69) is 0 Å². The Morgan fingerprint density at radius 3 is 2.47 bits per heavy atom. The first-order chi connectivity index (χ1) is 14.6. The van der Waals surface area contributed by atoms with Gasteiger partial charge < -0.3 is 4.74 Å². The van der Waals surface area contributed by atoms with E-state index in [4.69, 9.17) is 4.74 Å². The van der Waals surface area contributed by atoms with Crippen molar-refractivity contribution in [1.82, 2.24) is 4.31 Å². The Balaban J connectivity index is 1.59. The van der Waals surface area contributed by atoms with E-state index in [0.29, 0.717) is 18.7 Å². The van der Waals surface area contributed by atoms with Crippen LogP contribution in [0.2, 0.25) is 0 Å². The van der Waals surface area contributed by atoms with Crippen molar-refractivity contribution in [1.29, 1.82) is 0 Å². The van der Waals surface area contributed by atoms with Crippen LogP contribution in [0, 0.1) is 11.6 Å². The maximum Gasteiger partial charge on any atom is 0.335 e. The number of amides is 2. The van der Waals surface area contributed by atoms with Gasteiger partial charge in [-0.3, -0.25) is 9.21 Å². The van der Waals surface area contributed by atoms with Crippen LogP contribution in [0.15, 0.2) is 71.6 Å². The summed E-state index contributed by atoms with van der Waals surface area (Å²) in [7, 11) is 1.61. The van der Waals surface area contributed by atoms with E-state index in [9.17, 15) is 13.6 Å². The summed E-state index contributed by atoms with van der Waals surface area (Å²) >= 11 is 1.34. The van der Waals surface area contributed by atoms with E-state index in [1.54, 1.807) is 17.5 Å². The zero-order valence-electron chi connectivity index (χ0n) is 16.3. The molecular formula is C23H20F2N2O2S. The van der Waals surface area contributed by atoms with Crippen molar-refractivity contribution >= 4 is 23.7 Å². The van der Waals surface area contributed by atoms with Crippen molar-refractivity contribution in [2.45, 2.75) is 17.9 Å². The highest BCUT2D eigenvalue weighted by Gasteiger charge is 2.32. The molecule has 0 spiro atoms. The number of carbonyl (C=O) groups is 1. The van der Waals surface area contributed by atoms with Gasteiger partial charge in [-0.15, -0.1) is 0 Å². The molecule has 3 aromatic carbocycles. The Bertz CT molecular complexity index is 1060. The second-order valence-corrected chi connectivity index (χ2v) is 7.89. The molecule has 0 saturated heterocycles. The van der Waals surface area contributed by atoms with Crippen molar-refractivity contribution in [2.24, 2.45) is 0 Å². The van der Waals surface area contributed by atoms with Crippen LogP contribution in [-0.2, 0) is 13.0 Å². The molecule has 4 rings (SSSR count). The largest absolute Gasteiger partial charge is 0.497 e. The van der Waals surface area contributed by atoms with Gasteiger partial charge in [-0.1, -0.05) is 30.3 Å². The Kier molecular flexibility index (Phi) is 5.90. The summed E-state index contributed by atoms with van der Waals surface area (Å²) in [5, 5.41) is 0. The predicted molar refractivity (Wildman–Crippen MR) is 114 cm³/mol. The molecule has 0 saturated carbocycles. The number of para-hydroxylation sites is 1. The number of fused-ring (bicyclic) bond motifs is 1. The molecule has 1 aliphatic rings. The number of benzene rings is 3. The smallest absolute Gasteiger partial charge is 0.335 e. The van der Waals surface area contributed by atoms with Crippen LogP contribution >= 0.6 is 11.9 Å². The number of ether oxygens (including phenoxy) is 1. The van der Waals surface area contributed by atoms with Gasteiger partial charge in [0.2, 0.25) is 0 Å². The Hall–Kier alpha value is -3.06. The maximum absolute atomic E-state index is 14.2. The number of urea groups is 1. The van der Waals surface area contributed by atoms with Gasteiger partial charge in [-0.2, -0.15) is 0 Å². The third kappa shape index (κ3) is 4.11. The molecule has 7 heteroatoms. The average Bonchev–Trinajstić information content (AvgIpc) is 2.76. The van der Waals surface area contributed by atoms with Crippen molar-refractivity contribution < 1.29 is 18.3 Å². The average molecular weight is 426 g/mol. The number of rotatable bonds is 6. The third-order valence-corrected chi connectivity index (χ3v) is 6.03. The summed E-state index contributed by atoms with van der Waals surface area (Å²) in [6.07, 6.45) is 0.625. The van der Waals surface area contributed by atoms with Gasteiger partial charge in [0.1, 0.15) is 17.4 Å². The number of anilines is 1. The summed E-state index contributed by atoms with van der Waals surface area (Å²) in [5.74, 6) is -0.574. The Labute approximate surface area is 178 Å². The number of methoxy groups -OCH3 is 1. The highest BCUT2D eigenvalue weighted by atomic mass is 32.2. The standard InChI is InChI=1S/C23H20F2N2O2S/c1-29-17-7-4-6-16(14-17)12-13-27-23(28)26(21-10-2-3-11-22(21)30-27)15-18-19(24)8-5-9-20(18)25/h2-11,14H,12-13,15H2,1H3. The summed E-state index contributed by atoms with van der Waals surface area (Å²) < 4.78 is 35.4. The molecule has 0 radical (unpaired) electrons. The lowest BCUT2D eigenvalue weighted by atomic mass is 10.1. The fourth-order valence-electron chi connectivity index (χ4n) is 3.35. The van der Waals surface area contributed by atoms with Crippen molar-refractivity contribution in [3.8, 4) is 5.75 Å². The lowest BCUT2D eigenvalue weighted by Gasteiger charge is -2.36. The van der Waals surface area contributed by atoms with Crippen LogP contribution in [0.4, 0.5) is 19.3 Å². The first-order valence-corrected chi connectivity index (χ1v) is 10.3. The summed E-state index contributed by atoms with van der Waals surface area (Å²) in [4.78, 5) is 15.5. The minimum absolute atomic E-state index is 0.125. The summed E-state index contributed by atoms with van der Waals surface area (Å²) in [5.41, 5.74) is 1.56. The number of hydrogen-bond acceptors (Lipinski definition) is 3. The van der Waals surface area contributed by atoms with Crippen LogP contribution in [0.25, 0.3) is 0 Å². The fourth-order valence-corrected chi connectivity index (χ4v) is 4.35. The molecule has 1 heterocycles. The third-order valence-electron chi connectivity index (χ3n) is 4.92. The van der Waals surface area contributed by atoms with Gasteiger partial charge in [-0.25, -0.2) is 13.6 Å². The van der Waals surface area contributed by atoms with E-state index < -0.39 is 11.6 Å². The first kappa shape index (κ1) is 20.2. The van der Waals surface area contributed by atoms with Gasteiger partial charge in [0.15, 0.2) is 0 Å². The molecule has 1 aliphatic heterocycles. The SMILES string of the molecule is COc1cccc(CCN2Sc3ccccc3N(Cc3c(F)cccc3F)C2=O)c1. The topological polar surface area (TPSA) is 32.8 Å². The van der Waals surface area contributed by atoms with Gasteiger partial charge >= 0.3 is 6.03 Å². The molecular weight excluding hydrogens is 406 g/mol. The van der Waals surface area contributed by atoms with Gasteiger partial charge in [-0.05, 0) is 60.3 Å². The second kappa shape index (κ2) is 8.75. The monoisotopic (exact) mass is 426 g/mol. The molecule has 0 fully saturated rings. The molecule has 0 aromatic heterocycles. The molecule has 3 aromatic rings. The van der Waals surface area contributed by atoms with Gasteiger partial charge in [0.05, 0.1) is 24.2 Å². The molecule has 2 amide bonds. The van der Waals surface area contributed by atoms with Crippen LogP contribution in [0.1, 0.15) is 11.1 Å². The minimum atomic E-state index is -0.665. The highest BCUT2D eigenvalue weighted by molar-refractivity contribution is 7.97. The van der Waals surface area contributed by atoms with Crippen molar-refractivity contribution in [3.63, 3.8) is 0 Å². The van der Waals surface area contributed by atoms with E-state index in [1.807, 2.05) is 42.5 Å². The minimum Gasteiger partial charge on any atom is -0.497 e. The van der Waals surface area contributed by atoms with Crippen LogP contribution < -0.4 is 9.64 Å². The Morgan fingerprint density at radius 2 is 1.70 bits per heavy atom. The molecule has 0 N–H and O–H groups in total. The molecule has 0 atom stereocenters. The number of hydrogen-bond donors (Lipinski definition) is 0. The van der Waals surface area contributed by atoms with Crippen LogP contribution in [-0.4, -0.2) is 24.0 Å². The van der Waals surface area contributed by atoms with Gasteiger partial charge in [0, 0.05) is 12.1 Å². The normalized spacial score (nSPS) is 13.4. The fraction of sp³-hybridized carbons (Fsp3) is 0.174. The molecule has 0 bridgehead atoms. The zero-order chi connectivity index (χ0) is 21.1. The Morgan fingerprint density at radius 1 is 0.967 bits per heavy atom. The maximum atomic E-state index is 14.2. The van der Waals surface area contributed by atoms with Gasteiger partial charge in [0.25, 0.3) is 0 Å². The molecule has 0 unspecified atom stereocenters. The lowest BCUT2D eigenvalue weighted by Crippen LogP contribution is -2.43. The zero-order valence-corrected chi connectivity index (χ0v) is 17.2. The van der Waals surface area contributed by atoms with Crippen LogP contribution in [0.5, 0.6) is 5.75 Å². The lowest BCUT2D eigenvalue weighted by molar-refractivity contribution is 0.231. The van der Waals surface area contributed by atoms with E-state index in [0.717, 1.165) is 16.2 Å².